The molecule has 0 unspecified atom stereocenters. The Balaban J connectivity index is 0.000000738. The number of fused-ring (bicyclic) bond motifs is 1. The van der Waals surface area contributed by atoms with Crippen molar-refractivity contribution in [2.24, 2.45) is 0 Å². The van der Waals surface area contributed by atoms with Gasteiger partial charge in [0.15, 0.2) is 5.69 Å². The molecule has 46 heavy (non-hydrogen) atoms. The maximum Gasteiger partial charge on any atom is 0.490 e. The van der Waals surface area contributed by atoms with Gasteiger partial charge in [0.2, 0.25) is 0 Å². The van der Waals surface area contributed by atoms with Crippen LogP contribution in [0.5, 0.6) is 5.75 Å². The summed E-state index contributed by atoms with van der Waals surface area (Å²) in [6, 6.07) is 11.3. The third-order valence-electron chi connectivity index (χ3n) is 5.45. The number of carboxylic acids is 1. The van der Waals surface area contributed by atoms with Crippen molar-refractivity contribution in [3.05, 3.63) is 65.7 Å². The summed E-state index contributed by atoms with van der Waals surface area (Å²) in [5.41, 5.74) is 1.69. The molecule has 0 atom stereocenters. The van der Waals surface area contributed by atoms with Crippen molar-refractivity contribution >= 4 is 28.8 Å². The first kappa shape index (κ1) is 35.2. The number of hydrogen-bond donors (Lipinski definition) is 4. The van der Waals surface area contributed by atoms with Crippen LogP contribution in [0.2, 0.25) is 0 Å². The number of rotatable bonds is 12. The first-order chi connectivity index (χ1) is 21.7. The lowest BCUT2D eigenvalue weighted by molar-refractivity contribution is -0.192. The lowest BCUT2D eigenvalue weighted by Gasteiger charge is -2.14. The van der Waals surface area contributed by atoms with Gasteiger partial charge in [0.25, 0.3) is 11.8 Å². The van der Waals surface area contributed by atoms with E-state index in [2.05, 4.69) is 25.6 Å². The molecule has 2 heterocycles. The minimum atomic E-state index is -5.08. The number of ether oxygens (including phenoxy) is 2. The van der Waals surface area contributed by atoms with Crippen LogP contribution >= 0.6 is 0 Å². The molecule has 2 amide bonds. The number of nitrogens with one attached hydrogen (secondary N) is 3. The number of amides is 2. The Morgan fingerprint density at radius 3 is 2.33 bits per heavy atom. The summed E-state index contributed by atoms with van der Waals surface area (Å²) >= 11 is 0. The van der Waals surface area contributed by atoms with E-state index < -0.39 is 43.4 Å². The van der Waals surface area contributed by atoms with Crippen molar-refractivity contribution < 1.29 is 59.7 Å². The zero-order valence-corrected chi connectivity index (χ0v) is 23.3. The summed E-state index contributed by atoms with van der Waals surface area (Å²) in [5, 5.41) is 19.4. The lowest BCUT2D eigenvalue weighted by atomic mass is 10.1. The quantitative estimate of drug-likeness (QED) is 0.131. The van der Waals surface area contributed by atoms with Gasteiger partial charge in [-0.1, -0.05) is 17.3 Å². The van der Waals surface area contributed by atoms with Gasteiger partial charge in [-0.3, -0.25) is 9.59 Å². The minimum absolute atomic E-state index is 0.0145. The van der Waals surface area contributed by atoms with Crippen LogP contribution in [-0.4, -0.2) is 93.2 Å². The molecule has 4 aromatic rings. The molecule has 20 heteroatoms. The van der Waals surface area contributed by atoms with E-state index >= 15 is 0 Å². The minimum Gasteiger partial charge on any atom is -0.489 e. The number of carbonyl (C=O) groups excluding carboxylic acids is 2. The van der Waals surface area contributed by atoms with Gasteiger partial charge < -0.3 is 30.2 Å². The number of H-pyrrole nitrogens is 1. The Bertz CT molecular complexity index is 1610. The van der Waals surface area contributed by atoms with Gasteiger partial charge in [0, 0.05) is 5.56 Å². The molecular weight excluding hydrogens is 639 g/mol. The van der Waals surface area contributed by atoms with Crippen molar-refractivity contribution in [1.29, 1.82) is 0 Å². The van der Waals surface area contributed by atoms with Gasteiger partial charge in [-0.05, 0) is 30.3 Å². The first-order valence-corrected chi connectivity index (χ1v) is 12.9. The Labute approximate surface area is 253 Å². The second-order valence-corrected chi connectivity index (χ2v) is 8.86. The van der Waals surface area contributed by atoms with Crippen LogP contribution in [0.3, 0.4) is 0 Å². The molecule has 0 saturated heterocycles. The second kappa shape index (κ2) is 15.6. The van der Waals surface area contributed by atoms with E-state index in [1.807, 2.05) is 24.3 Å². The van der Waals surface area contributed by atoms with Crippen molar-refractivity contribution in [2.45, 2.75) is 18.9 Å². The topological polar surface area (TPSA) is 173 Å². The summed E-state index contributed by atoms with van der Waals surface area (Å²) < 4.78 is 93.3. The number of aromatic amines is 1. The zero-order valence-electron chi connectivity index (χ0n) is 23.3. The van der Waals surface area contributed by atoms with Gasteiger partial charge >= 0.3 is 18.3 Å². The molecule has 0 radical (unpaired) electrons. The van der Waals surface area contributed by atoms with Gasteiger partial charge in [-0.25, -0.2) is 18.9 Å². The average Bonchev–Trinajstić information content (AvgIpc) is 3.65. The average molecular weight is 664 g/mol. The lowest BCUT2D eigenvalue weighted by Crippen LogP contribution is -2.33. The highest BCUT2D eigenvalue weighted by Crippen LogP contribution is 2.25. The smallest absolute Gasteiger partial charge is 0.489 e. The number of aromatic nitrogens is 5. The third kappa shape index (κ3) is 10.7. The number of nitrogens with zero attached hydrogens (tertiary/aromatic N) is 4. The molecule has 0 aliphatic heterocycles. The third-order valence-corrected chi connectivity index (χ3v) is 5.45. The molecule has 2 aromatic heterocycles. The molecular formula is C26H24F7N7O6. The number of imidazole rings is 1. The molecule has 248 valence electrons. The molecule has 4 rings (SSSR count). The van der Waals surface area contributed by atoms with Gasteiger partial charge in [-0.2, -0.15) is 26.3 Å². The number of hydrogen-bond acceptors (Lipinski definition) is 8. The maximum atomic E-state index is 12.6. The first-order valence-electron chi connectivity index (χ1n) is 12.9. The van der Waals surface area contributed by atoms with E-state index in [-0.39, 0.29) is 49.1 Å². The number of aliphatic carboxylic acids is 1. The molecule has 0 aliphatic carbocycles. The highest BCUT2D eigenvalue weighted by Gasteiger charge is 2.38. The molecule has 2 aromatic carbocycles. The predicted octanol–water partition coefficient (Wildman–Crippen LogP) is 3.36. The fraction of sp³-hybridized carbons (Fsp3) is 0.308. The standard InChI is InChI=1S/C24H23F4N7O4.C2HF3O2/c25-7-8-38-9-10-39-20-11-15(22(36)30-14-24(26,27)28)5-6-19(20)35-13-18(33-34-35)23(37)29-12-21-31-16-3-1-2-4-17(16)32-21;3-2(4,5)1(6)7/h1-6,11,13H,7-10,12,14H2,(H,29,37)(H,30,36)(H,31,32);(H,6,7). The monoisotopic (exact) mass is 663 g/mol. The van der Waals surface area contributed by atoms with Crippen molar-refractivity contribution in [3.8, 4) is 11.4 Å². The van der Waals surface area contributed by atoms with Crippen molar-refractivity contribution in [2.75, 3.05) is 33.0 Å². The van der Waals surface area contributed by atoms with Gasteiger partial charge in [-0.15, -0.1) is 5.10 Å². The van der Waals surface area contributed by atoms with E-state index in [1.165, 1.54) is 29.1 Å². The van der Waals surface area contributed by atoms with Gasteiger partial charge in [0.05, 0.1) is 37.0 Å². The second-order valence-electron chi connectivity index (χ2n) is 8.86. The maximum absolute atomic E-state index is 12.6. The Hall–Kier alpha value is -5.27. The molecule has 13 nitrogen and oxygen atoms in total. The Morgan fingerprint density at radius 2 is 1.67 bits per heavy atom. The largest absolute Gasteiger partial charge is 0.490 e. The fourth-order valence-corrected chi connectivity index (χ4v) is 3.44. The summed E-state index contributed by atoms with van der Waals surface area (Å²) in [6.45, 7) is -2.25. The van der Waals surface area contributed by atoms with E-state index in [0.29, 0.717) is 5.82 Å². The number of alkyl halides is 7. The van der Waals surface area contributed by atoms with E-state index in [1.54, 1.807) is 5.32 Å². The SMILES string of the molecule is O=C(NCC(F)(F)F)c1ccc(-n2cc(C(=O)NCc3nc4ccccc4[nH]3)nn2)c(OCCOCCF)c1.O=C(O)C(F)(F)F. The zero-order chi connectivity index (χ0) is 33.9. The summed E-state index contributed by atoms with van der Waals surface area (Å²) in [4.78, 5) is 41.2. The Morgan fingerprint density at radius 1 is 0.957 bits per heavy atom. The summed E-state index contributed by atoms with van der Waals surface area (Å²) in [5.74, 6) is -3.67. The predicted molar refractivity (Wildman–Crippen MR) is 143 cm³/mol. The molecule has 0 aliphatic rings. The fourth-order valence-electron chi connectivity index (χ4n) is 3.44. The van der Waals surface area contributed by atoms with Crippen LogP contribution in [-0.2, 0) is 16.1 Å². The van der Waals surface area contributed by atoms with Crippen LogP contribution in [0.15, 0.2) is 48.7 Å². The highest BCUT2D eigenvalue weighted by molar-refractivity contribution is 5.95. The number of halogens is 7. The van der Waals surface area contributed by atoms with E-state index in [9.17, 15) is 40.3 Å². The van der Waals surface area contributed by atoms with Crippen LogP contribution in [0.1, 0.15) is 26.7 Å². The van der Waals surface area contributed by atoms with Crippen LogP contribution in [0, 0.1) is 0 Å². The number of carboxylic acid groups (broad SMARTS) is 1. The number of carbonyl (C=O) groups is 3. The van der Waals surface area contributed by atoms with Crippen molar-refractivity contribution in [3.63, 3.8) is 0 Å². The highest BCUT2D eigenvalue weighted by atomic mass is 19.4. The van der Waals surface area contributed by atoms with Crippen LogP contribution in [0.4, 0.5) is 30.7 Å². The van der Waals surface area contributed by atoms with E-state index in [4.69, 9.17) is 19.4 Å². The molecule has 0 bridgehead atoms. The van der Waals surface area contributed by atoms with Crippen LogP contribution < -0.4 is 15.4 Å². The molecule has 0 spiro atoms. The summed E-state index contributed by atoms with van der Waals surface area (Å²) in [6.07, 6.45) is -8.34. The normalized spacial score (nSPS) is 11.5. The van der Waals surface area contributed by atoms with Gasteiger partial charge in [0.1, 0.15) is 37.1 Å². The van der Waals surface area contributed by atoms with Crippen molar-refractivity contribution in [1.82, 2.24) is 35.6 Å². The Kier molecular flexibility index (Phi) is 12.0. The number of benzene rings is 2. The molecule has 0 fully saturated rings. The molecule has 0 saturated carbocycles. The number of para-hydroxylation sites is 2. The van der Waals surface area contributed by atoms with E-state index in [0.717, 1.165) is 11.0 Å². The molecule has 4 N–H and O–H groups in total. The summed E-state index contributed by atoms with van der Waals surface area (Å²) in [7, 11) is 0. The van der Waals surface area contributed by atoms with Crippen LogP contribution in [0.25, 0.3) is 16.7 Å².